The van der Waals surface area contributed by atoms with Crippen molar-refractivity contribution in [3.63, 3.8) is 0 Å². The Morgan fingerprint density at radius 2 is 2.14 bits per heavy atom. The van der Waals surface area contributed by atoms with E-state index in [0.717, 1.165) is 10.0 Å². The molecule has 1 aliphatic heterocycles. The van der Waals surface area contributed by atoms with Crippen LogP contribution >= 0.6 is 15.9 Å². The van der Waals surface area contributed by atoms with Gasteiger partial charge >= 0.3 is 5.97 Å². The molecule has 0 spiro atoms. The van der Waals surface area contributed by atoms with E-state index in [0.29, 0.717) is 17.2 Å². The molecule has 0 saturated carbocycles. The van der Waals surface area contributed by atoms with Crippen molar-refractivity contribution in [2.75, 3.05) is 5.06 Å². The number of hydrogen-bond acceptors (Lipinski definition) is 4. The summed E-state index contributed by atoms with van der Waals surface area (Å²) in [7, 11) is 0. The van der Waals surface area contributed by atoms with Gasteiger partial charge in [-0.15, -0.1) is 0 Å². The maximum absolute atomic E-state index is 12.2. The van der Waals surface area contributed by atoms with Crippen LogP contribution in [0.2, 0.25) is 0 Å². The third-order valence-corrected chi connectivity index (χ3v) is 3.63. The monoisotopic (exact) mass is 355 g/mol. The summed E-state index contributed by atoms with van der Waals surface area (Å²) in [6.07, 6.45) is 0.375. The fourth-order valence-electron chi connectivity index (χ4n) is 2.30. The Bertz CT molecular complexity index is 580. The van der Waals surface area contributed by atoms with Gasteiger partial charge in [0.15, 0.2) is 0 Å². The molecule has 1 aromatic rings. The molecule has 0 fully saturated rings. The van der Waals surface area contributed by atoms with Gasteiger partial charge in [-0.05, 0) is 44.9 Å². The summed E-state index contributed by atoms with van der Waals surface area (Å²) in [5.74, 6) is -1.51. The zero-order valence-electron chi connectivity index (χ0n) is 12.2. The number of esters is 1. The van der Waals surface area contributed by atoms with E-state index in [2.05, 4.69) is 15.9 Å². The highest BCUT2D eigenvalue weighted by Crippen LogP contribution is 2.33. The topological polar surface area (TPSA) is 66.8 Å². The molecule has 1 N–H and O–H groups in total. The molecule has 2 rings (SSSR count). The molecule has 1 amide bonds. The Labute approximate surface area is 132 Å². The largest absolute Gasteiger partial charge is 0.460 e. The van der Waals surface area contributed by atoms with Crippen molar-refractivity contribution in [1.82, 2.24) is 0 Å². The van der Waals surface area contributed by atoms with Crippen molar-refractivity contribution in [2.45, 2.75) is 39.2 Å². The van der Waals surface area contributed by atoms with Crippen LogP contribution in [0.5, 0.6) is 0 Å². The SMILES string of the molecule is CC(C)(C)OC(=O)CC1Cc2ccc(Br)cc2N(O)C1=O. The molecule has 1 unspecified atom stereocenters. The second kappa shape index (κ2) is 5.77. The number of fused-ring (bicyclic) bond motifs is 1. The average Bonchev–Trinajstić information content (AvgIpc) is 2.34. The van der Waals surface area contributed by atoms with Crippen LogP contribution in [0.3, 0.4) is 0 Å². The Hall–Kier alpha value is -1.40. The molecule has 1 aromatic carbocycles. The molecule has 1 atom stereocenters. The number of nitrogens with zero attached hydrogens (tertiary/aromatic N) is 1. The molecular formula is C15H18BrNO4. The van der Waals surface area contributed by atoms with Crippen LogP contribution < -0.4 is 5.06 Å². The van der Waals surface area contributed by atoms with E-state index in [4.69, 9.17) is 4.74 Å². The summed E-state index contributed by atoms with van der Waals surface area (Å²) in [4.78, 5) is 24.0. The zero-order chi connectivity index (χ0) is 15.8. The lowest BCUT2D eigenvalue weighted by Gasteiger charge is -2.30. The first-order valence-corrected chi connectivity index (χ1v) is 7.50. The molecule has 0 saturated heterocycles. The lowest BCUT2D eigenvalue weighted by molar-refractivity contribution is -0.157. The van der Waals surface area contributed by atoms with Gasteiger partial charge in [-0.3, -0.25) is 14.8 Å². The van der Waals surface area contributed by atoms with E-state index >= 15 is 0 Å². The second-order valence-corrected chi connectivity index (χ2v) is 7.03. The molecule has 0 bridgehead atoms. The summed E-state index contributed by atoms with van der Waals surface area (Å²) < 4.78 is 6.01. The fraction of sp³-hybridized carbons (Fsp3) is 0.467. The number of anilines is 1. The van der Waals surface area contributed by atoms with Crippen LogP contribution in [0, 0.1) is 5.92 Å². The van der Waals surface area contributed by atoms with Crippen molar-refractivity contribution in [1.29, 1.82) is 0 Å². The Balaban J connectivity index is 2.15. The lowest BCUT2D eigenvalue weighted by Crippen LogP contribution is -2.40. The number of hydroxylamine groups is 1. The minimum atomic E-state index is -0.599. The van der Waals surface area contributed by atoms with Crippen LogP contribution in [0.4, 0.5) is 5.69 Å². The van der Waals surface area contributed by atoms with Crippen LogP contribution in [0.15, 0.2) is 22.7 Å². The van der Waals surface area contributed by atoms with Crippen LogP contribution in [0.1, 0.15) is 32.8 Å². The highest BCUT2D eigenvalue weighted by molar-refractivity contribution is 9.10. The van der Waals surface area contributed by atoms with Gasteiger partial charge in [-0.2, -0.15) is 5.06 Å². The van der Waals surface area contributed by atoms with Gasteiger partial charge in [0.25, 0.3) is 5.91 Å². The molecule has 6 heteroatoms. The molecule has 5 nitrogen and oxygen atoms in total. The van der Waals surface area contributed by atoms with Gasteiger partial charge in [0.2, 0.25) is 0 Å². The van der Waals surface area contributed by atoms with Crippen LogP contribution in [-0.2, 0) is 20.7 Å². The standard InChI is InChI=1S/C15H18BrNO4/c1-15(2,3)21-13(18)7-10-6-9-4-5-11(16)8-12(9)17(20)14(10)19/h4-5,8,10,20H,6-7H2,1-3H3. The molecule has 0 radical (unpaired) electrons. The average molecular weight is 356 g/mol. The third-order valence-electron chi connectivity index (χ3n) is 3.13. The quantitative estimate of drug-likeness (QED) is 0.653. The normalized spacial score (nSPS) is 18.4. The van der Waals surface area contributed by atoms with Gasteiger partial charge in [0, 0.05) is 4.47 Å². The molecule has 0 aliphatic carbocycles. The predicted octanol–water partition coefficient (Wildman–Crippen LogP) is 3.08. The highest BCUT2D eigenvalue weighted by atomic mass is 79.9. The van der Waals surface area contributed by atoms with Crippen molar-refractivity contribution >= 4 is 33.5 Å². The first-order chi connectivity index (χ1) is 9.67. The van der Waals surface area contributed by atoms with Crippen molar-refractivity contribution in [2.24, 2.45) is 5.92 Å². The van der Waals surface area contributed by atoms with Gasteiger partial charge in [0.1, 0.15) is 5.60 Å². The van der Waals surface area contributed by atoms with Gasteiger partial charge < -0.3 is 4.74 Å². The summed E-state index contributed by atoms with van der Waals surface area (Å²) in [5, 5.41) is 10.6. The highest BCUT2D eigenvalue weighted by Gasteiger charge is 2.34. The maximum Gasteiger partial charge on any atom is 0.307 e. The summed E-state index contributed by atoms with van der Waals surface area (Å²) in [6.45, 7) is 5.33. The predicted molar refractivity (Wildman–Crippen MR) is 81.1 cm³/mol. The van der Waals surface area contributed by atoms with E-state index in [1.165, 1.54) is 0 Å². The second-order valence-electron chi connectivity index (χ2n) is 6.11. The molecule has 1 aliphatic rings. The first kappa shape index (κ1) is 16.0. The van der Waals surface area contributed by atoms with Crippen LogP contribution in [-0.4, -0.2) is 22.7 Å². The number of amides is 1. The summed E-state index contributed by atoms with van der Waals surface area (Å²) in [6, 6.07) is 5.35. The summed E-state index contributed by atoms with van der Waals surface area (Å²) in [5.41, 5.74) is 0.694. The van der Waals surface area contributed by atoms with Gasteiger partial charge in [-0.25, -0.2) is 0 Å². The first-order valence-electron chi connectivity index (χ1n) is 6.70. The Morgan fingerprint density at radius 3 is 2.76 bits per heavy atom. The maximum atomic E-state index is 12.2. The molecule has 114 valence electrons. The molecule has 1 heterocycles. The minimum Gasteiger partial charge on any atom is -0.460 e. The molecule has 0 aromatic heterocycles. The van der Waals surface area contributed by atoms with Gasteiger partial charge in [0.05, 0.1) is 18.0 Å². The number of halogens is 1. The number of carbonyl (C=O) groups excluding carboxylic acids is 2. The lowest BCUT2D eigenvalue weighted by atomic mass is 9.90. The van der Waals surface area contributed by atoms with E-state index in [1.807, 2.05) is 12.1 Å². The van der Waals surface area contributed by atoms with Crippen LogP contribution in [0.25, 0.3) is 0 Å². The number of ether oxygens (including phenoxy) is 1. The Morgan fingerprint density at radius 1 is 1.48 bits per heavy atom. The smallest absolute Gasteiger partial charge is 0.307 e. The van der Waals surface area contributed by atoms with Crippen molar-refractivity contribution in [3.05, 3.63) is 28.2 Å². The number of carbonyl (C=O) groups is 2. The number of hydrogen-bond donors (Lipinski definition) is 1. The van der Waals surface area contributed by atoms with E-state index in [-0.39, 0.29) is 6.42 Å². The molecule has 21 heavy (non-hydrogen) atoms. The Kier molecular flexibility index (Phi) is 4.39. The number of benzene rings is 1. The summed E-state index contributed by atoms with van der Waals surface area (Å²) >= 11 is 3.30. The van der Waals surface area contributed by atoms with Gasteiger partial charge in [-0.1, -0.05) is 22.0 Å². The van der Waals surface area contributed by atoms with E-state index in [9.17, 15) is 14.8 Å². The number of rotatable bonds is 2. The van der Waals surface area contributed by atoms with Crippen molar-refractivity contribution in [3.8, 4) is 0 Å². The minimum absolute atomic E-state index is 0.0390. The third kappa shape index (κ3) is 3.83. The van der Waals surface area contributed by atoms with E-state index < -0.39 is 23.4 Å². The van der Waals surface area contributed by atoms with Crippen molar-refractivity contribution < 1.29 is 19.5 Å². The van der Waals surface area contributed by atoms with E-state index in [1.54, 1.807) is 26.8 Å². The molecular weight excluding hydrogens is 338 g/mol. The fourth-order valence-corrected chi connectivity index (χ4v) is 2.64. The zero-order valence-corrected chi connectivity index (χ0v) is 13.8.